The van der Waals surface area contributed by atoms with Crippen molar-refractivity contribution < 1.29 is 61.4 Å². The first kappa shape index (κ1) is 28.6. The largest absolute Gasteiger partial charge is 0.490 e. The maximum Gasteiger partial charge on any atom is 0.490 e. The Morgan fingerprint density at radius 3 is 2.43 bits per heavy atom. The number of imidazole rings is 1. The van der Waals surface area contributed by atoms with E-state index in [4.69, 9.17) is 20.3 Å². The predicted octanol–water partition coefficient (Wildman–Crippen LogP) is -0.127. The first-order valence-electron chi connectivity index (χ1n) is 9.55. The zero-order valence-electron chi connectivity index (χ0n) is 17.7. The van der Waals surface area contributed by atoms with E-state index in [0.29, 0.717) is 10.9 Å². The molecule has 22 heteroatoms. The lowest BCUT2D eigenvalue weighted by Crippen LogP contribution is -2.33. The molecule has 2 aromatic rings. The summed E-state index contributed by atoms with van der Waals surface area (Å²) in [7, 11) is -16.7. The van der Waals surface area contributed by atoms with Gasteiger partial charge in [-0.15, -0.1) is 0 Å². The first-order chi connectivity index (χ1) is 16.1. The highest BCUT2D eigenvalue weighted by Crippen LogP contribution is 2.66. The Morgan fingerprint density at radius 1 is 1.11 bits per heavy atom. The molecule has 0 radical (unpaired) electrons. The highest BCUT2D eigenvalue weighted by molar-refractivity contribution is 7.99. The molecule has 1 fully saturated rings. The maximum absolute atomic E-state index is 12.0. The van der Waals surface area contributed by atoms with Gasteiger partial charge in [-0.05, 0) is 6.42 Å². The first-order valence-corrected chi connectivity index (χ1v) is 15.1. The number of thioether (sulfide) groups is 1. The van der Waals surface area contributed by atoms with Crippen LogP contribution in [-0.2, 0) is 31.6 Å². The molecular weight excluding hydrogens is 559 g/mol. The molecule has 8 N–H and O–H groups in total. The molecule has 3 rings (SSSR count). The van der Waals surface area contributed by atoms with E-state index in [1.807, 2.05) is 6.92 Å². The molecule has 6 atom stereocenters. The second-order valence-electron chi connectivity index (χ2n) is 6.98. The lowest BCUT2D eigenvalue weighted by molar-refractivity contribution is -0.0540. The number of aliphatic hydroxyl groups excluding tert-OH is 2. The fourth-order valence-electron chi connectivity index (χ4n) is 2.98. The molecule has 198 valence electrons. The van der Waals surface area contributed by atoms with Crippen LogP contribution < -0.4 is 5.73 Å². The molecule has 35 heavy (non-hydrogen) atoms. The van der Waals surface area contributed by atoms with E-state index in [2.05, 4.69) is 28.1 Å². The lowest BCUT2D eigenvalue weighted by atomic mass is 10.1. The Balaban J connectivity index is 1.79. The van der Waals surface area contributed by atoms with Gasteiger partial charge in [0.25, 0.3) is 0 Å². The van der Waals surface area contributed by atoms with Gasteiger partial charge in [0.05, 0.1) is 6.61 Å². The van der Waals surface area contributed by atoms with Gasteiger partial charge in [0.15, 0.2) is 28.4 Å². The molecule has 18 nitrogen and oxygen atoms in total. The standard InChI is InChI=1S/C13H22N5O13P3S/c1-2-3-35-13-17-7-10(14)15-5-16-11(7)18(13)12-9(20)8(19)6(29-12)4-28-33(24,25)31-34(26,27)30-32(21,22)23/h5-6,8-9,12,19-20H,2-4H2,1H3,(H,24,25)(H,26,27)(H2,14,15,16)(H2,21,22,23). The molecule has 0 bridgehead atoms. The molecule has 0 saturated carbocycles. The highest BCUT2D eigenvalue weighted by atomic mass is 32.2. The molecule has 6 unspecified atom stereocenters. The van der Waals surface area contributed by atoms with E-state index in [1.54, 1.807) is 0 Å². The van der Waals surface area contributed by atoms with Gasteiger partial charge in [0, 0.05) is 5.75 Å². The number of nitrogen functional groups attached to an aromatic ring is 1. The summed E-state index contributed by atoms with van der Waals surface area (Å²) in [6, 6.07) is 0. The van der Waals surface area contributed by atoms with Crippen LogP contribution in [0.3, 0.4) is 0 Å². The number of aromatic nitrogens is 4. The number of nitrogens with zero attached hydrogens (tertiary/aromatic N) is 4. The number of phosphoric acid groups is 3. The second-order valence-corrected chi connectivity index (χ2v) is 12.5. The monoisotopic (exact) mass is 581 g/mol. The normalized spacial score (nSPS) is 26.6. The molecule has 1 saturated heterocycles. The van der Waals surface area contributed by atoms with E-state index in [0.717, 1.165) is 12.7 Å². The topological polar surface area (TPSA) is 279 Å². The van der Waals surface area contributed by atoms with Gasteiger partial charge >= 0.3 is 23.5 Å². The minimum absolute atomic E-state index is 0.0596. The van der Waals surface area contributed by atoms with Gasteiger partial charge in [0.1, 0.15) is 24.6 Å². The number of hydrogen-bond donors (Lipinski definition) is 7. The van der Waals surface area contributed by atoms with E-state index in [9.17, 15) is 33.7 Å². The summed E-state index contributed by atoms with van der Waals surface area (Å²) < 4.78 is 52.8. The van der Waals surface area contributed by atoms with Gasteiger partial charge < -0.3 is 40.3 Å². The number of anilines is 1. The average molecular weight is 581 g/mol. The SMILES string of the molecule is CCCSc1nc2c(N)ncnc2n1C1OC(COP(=O)(O)OP(=O)(O)OP(=O)(O)O)C(O)C1O. The minimum atomic E-state index is -5.72. The van der Waals surface area contributed by atoms with E-state index in [-0.39, 0.29) is 17.0 Å². The smallest absolute Gasteiger partial charge is 0.387 e. The molecule has 1 aliphatic heterocycles. The predicted molar refractivity (Wildman–Crippen MR) is 116 cm³/mol. The van der Waals surface area contributed by atoms with Crippen molar-refractivity contribution in [3.63, 3.8) is 0 Å². The summed E-state index contributed by atoms with van der Waals surface area (Å²) in [5, 5.41) is 21.3. The Bertz CT molecular complexity index is 1210. The fraction of sp³-hybridized carbons (Fsp3) is 0.615. The third-order valence-electron chi connectivity index (χ3n) is 4.32. The lowest BCUT2D eigenvalue weighted by Gasteiger charge is -2.19. The summed E-state index contributed by atoms with van der Waals surface area (Å²) in [5.41, 5.74) is 6.25. The van der Waals surface area contributed by atoms with Crippen LogP contribution in [-0.4, -0.2) is 80.0 Å². The summed E-state index contributed by atoms with van der Waals surface area (Å²) in [4.78, 5) is 48.3. The van der Waals surface area contributed by atoms with Crippen molar-refractivity contribution in [2.24, 2.45) is 0 Å². The van der Waals surface area contributed by atoms with E-state index in [1.165, 1.54) is 16.3 Å². The van der Waals surface area contributed by atoms with Crippen molar-refractivity contribution in [3.8, 4) is 0 Å². The van der Waals surface area contributed by atoms with Gasteiger partial charge in [-0.25, -0.2) is 28.6 Å². The molecule has 0 aromatic carbocycles. The van der Waals surface area contributed by atoms with Crippen molar-refractivity contribution in [3.05, 3.63) is 6.33 Å². The summed E-state index contributed by atoms with van der Waals surface area (Å²) in [5.74, 6) is 0.682. The van der Waals surface area contributed by atoms with Gasteiger partial charge in [0.2, 0.25) is 0 Å². The van der Waals surface area contributed by atoms with Crippen molar-refractivity contribution in [1.29, 1.82) is 0 Å². The van der Waals surface area contributed by atoms with Crippen LogP contribution in [0, 0.1) is 0 Å². The third-order valence-corrected chi connectivity index (χ3v) is 9.28. The van der Waals surface area contributed by atoms with Gasteiger partial charge in [-0.1, -0.05) is 18.7 Å². The molecule has 0 spiro atoms. The number of nitrogens with two attached hydrogens (primary N) is 1. The van der Waals surface area contributed by atoms with Crippen molar-refractivity contribution in [2.45, 2.75) is 43.0 Å². The van der Waals surface area contributed by atoms with Gasteiger partial charge in [-0.3, -0.25) is 9.09 Å². The molecule has 3 heterocycles. The zero-order valence-corrected chi connectivity index (χ0v) is 21.2. The minimum Gasteiger partial charge on any atom is -0.387 e. The van der Waals surface area contributed by atoms with Crippen molar-refractivity contribution in [1.82, 2.24) is 19.5 Å². The van der Waals surface area contributed by atoms with Crippen LogP contribution >= 0.6 is 35.2 Å². The quantitative estimate of drug-likeness (QED) is 0.134. The molecular formula is C13H22N5O13P3S. The van der Waals surface area contributed by atoms with Crippen LogP contribution in [0.5, 0.6) is 0 Å². The van der Waals surface area contributed by atoms with Crippen LogP contribution in [0.2, 0.25) is 0 Å². The van der Waals surface area contributed by atoms with Crippen molar-refractivity contribution >= 4 is 52.2 Å². The van der Waals surface area contributed by atoms with E-state index >= 15 is 0 Å². The number of phosphoric ester groups is 1. The number of rotatable bonds is 11. The van der Waals surface area contributed by atoms with Crippen LogP contribution in [0.1, 0.15) is 19.6 Å². The number of aliphatic hydroxyl groups is 2. The fourth-order valence-corrected chi connectivity index (χ4v) is 6.88. The maximum atomic E-state index is 12.0. The highest BCUT2D eigenvalue weighted by Gasteiger charge is 2.47. The number of hydrogen-bond acceptors (Lipinski definition) is 14. The molecule has 2 aromatic heterocycles. The summed E-state index contributed by atoms with van der Waals surface area (Å²) in [6.45, 7) is 0.969. The summed E-state index contributed by atoms with van der Waals surface area (Å²) in [6.07, 6.45) is -4.14. The van der Waals surface area contributed by atoms with Crippen molar-refractivity contribution in [2.75, 3.05) is 18.1 Å². The molecule has 1 aliphatic rings. The number of ether oxygens (including phenoxy) is 1. The van der Waals surface area contributed by atoms with E-state index < -0.39 is 54.6 Å². The van der Waals surface area contributed by atoms with Gasteiger partial charge in [-0.2, -0.15) is 8.62 Å². The molecule has 0 amide bonds. The Kier molecular flexibility index (Phi) is 8.79. The Morgan fingerprint density at radius 2 is 1.80 bits per heavy atom. The second kappa shape index (κ2) is 10.8. The van der Waals surface area contributed by atoms with Crippen LogP contribution in [0.4, 0.5) is 5.82 Å². The zero-order chi connectivity index (χ0) is 26.2. The Hall–Kier alpha value is -1.01. The third kappa shape index (κ3) is 7.06. The van der Waals surface area contributed by atoms with Crippen LogP contribution in [0.25, 0.3) is 11.2 Å². The summed E-state index contributed by atoms with van der Waals surface area (Å²) >= 11 is 1.28. The van der Waals surface area contributed by atoms with Crippen LogP contribution in [0.15, 0.2) is 11.5 Å². The Labute approximate surface area is 200 Å². The average Bonchev–Trinajstić information content (AvgIpc) is 3.20. The molecule has 0 aliphatic carbocycles. The number of fused-ring (bicyclic) bond motifs is 1.